The van der Waals surface area contributed by atoms with Gasteiger partial charge in [0, 0.05) is 18.3 Å². The zero-order valence-electron chi connectivity index (χ0n) is 16.5. The molecule has 0 aliphatic heterocycles. The van der Waals surface area contributed by atoms with Gasteiger partial charge < -0.3 is 15.0 Å². The van der Waals surface area contributed by atoms with Crippen molar-refractivity contribution < 1.29 is 5.11 Å². The molecule has 2 N–H and O–H groups in total. The number of fused-ring (bicyclic) bond motifs is 1. The van der Waals surface area contributed by atoms with E-state index in [0.717, 1.165) is 29.0 Å². The fourth-order valence-electron chi connectivity index (χ4n) is 3.84. The molecule has 0 bridgehead atoms. The van der Waals surface area contributed by atoms with E-state index >= 15 is 0 Å². The number of aromatic nitrogens is 3. The third kappa shape index (κ3) is 2.97. The summed E-state index contributed by atoms with van der Waals surface area (Å²) in [6, 6.07) is 4.43. The van der Waals surface area contributed by atoms with Gasteiger partial charge in [-0.2, -0.15) is 0 Å². The van der Waals surface area contributed by atoms with E-state index in [9.17, 15) is 5.11 Å². The number of hydrogen-bond donors (Lipinski definition) is 2. The Bertz CT molecular complexity index is 931. The molecule has 0 aliphatic carbocycles. The van der Waals surface area contributed by atoms with Gasteiger partial charge in [-0.15, -0.1) is 0 Å². The fourth-order valence-corrected chi connectivity index (χ4v) is 3.84. The predicted octanol–water partition coefficient (Wildman–Crippen LogP) is 4.05. The summed E-state index contributed by atoms with van der Waals surface area (Å²) in [7, 11) is 2.05. The summed E-state index contributed by atoms with van der Waals surface area (Å²) in [6.07, 6.45) is 2.44. The molecule has 0 spiro atoms. The highest BCUT2D eigenvalue weighted by Crippen LogP contribution is 2.38. The normalized spacial score (nSPS) is 12.6. The van der Waals surface area contributed by atoms with Crippen molar-refractivity contribution in [1.29, 1.82) is 0 Å². The summed E-state index contributed by atoms with van der Waals surface area (Å²) in [4.78, 5) is 9.09. The number of aliphatic hydroxyl groups excluding tert-OH is 1. The molecule has 0 saturated heterocycles. The van der Waals surface area contributed by atoms with Crippen molar-refractivity contribution in [2.24, 2.45) is 7.05 Å². The first-order chi connectivity index (χ1) is 12.4. The van der Waals surface area contributed by atoms with E-state index < -0.39 is 0 Å². The molecule has 5 nitrogen and oxygen atoms in total. The Labute approximate surface area is 155 Å². The van der Waals surface area contributed by atoms with Crippen molar-refractivity contribution in [2.45, 2.75) is 47.1 Å². The van der Waals surface area contributed by atoms with Crippen LogP contribution < -0.4 is 5.32 Å². The minimum absolute atomic E-state index is 0.0189. The molecule has 26 heavy (non-hydrogen) atoms. The van der Waals surface area contributed by atoms with Gasteiger partial charge >= 0.3 is 0 Å². The van der Waals surface area contributed by atoms with Crippen LogP contribution in [-0.4, -0.2) is 32.3 Å². The quantitative estimate of drug-likeness (QED) is 0.727. The number of rotatable bonds is 5. The van der Waals surface area contributed by atoms with Crippen LogP contribution in [0.1, 0.15) is 35.7 Å². The van der Waals surface area contributed by atoms with Crippen molar-refractivity contribution in [2.75, 3.05) is 11.9 Å². The first kappa shape index (κ1) is 18.4. The Hall–Kier alpha value is -2.40. The zero-order chi connectivity index (χ0) is 19.0. The average molecular weight is 352 g/mol. The Kier molecular flexibility index (Phi) is 5.01. The van der Waals surface area contributed by atoms with Gasteiger partial charge in [0.2, 0.25) is 0 Å². The molecular weight excluding hydrogens is 324 g/mol. The van der Waals surface area contributed by atoms with Crippen LogP contribution in [0, 0.1) is 27.7 Å². The molecular formula is C21H28N4O. The smallest absolute Gasteiger partial charge is 0.154 e. The van der Waals surface area contributed by atoms with Crippen molar-refractivity contribution in [3.8, 4) is 11.1 Å². The van der Waals surface area contributed by atoms with E-state index in [1.54, 1.807) is 6.33 Å². The molecule has 0 amide bonds. The van der Waals surface area contributed by atoms with Crippen LogP contribution in [0.4, 0.5) is 5.82 Å². The monoisotopic (exact) mass is 352 g/mol. The van der Waals surface area contributed by atoms with Gasteiger partial charge in [0.05, 0.1) is 12.6 Å². The summed E-state index contributed by atoms with van der Waals surface area (Å²) in [5.74, 6) is 0.773. The van der Waals surface area contributed by atoms with Crippen LogP contribution in [0.3, 0.4) is 0 Å². The van der Waals surface area contributed by atoms with Crippen LogP contribution in [-0.2, 0) is 7.05 Å². The van der Waals surface area contributed by atoms with E-state index in [1.165, 1.54) is 27.8 Å². The molecule has 0 radical (unpaired) electrons. The molecule has 0 saturated carbocycles. The zero-order valence-corrected chi connectivity index (χ0v) is 16.5. The second-order valence-corrected chi connectivity index (χ2v) is 7.14. The largest absolute Gasteiger partial charge is 0.394 e. The third-order valence-electron chi connectivity index (χ3n) is 5.24. The maximum absolute atomic E-state index is 9.55. The van der Waals surface area contributed by atoms with Gasteiger partial charge in [0.1, 0.15) is 17.4 Å². The number of hydrogen-bond acceptors (Lipinski definition) is 4. The summed E-state index contributed by atoms with van der Waals surface area (Å²) in [5.41, 5.74) is 9.29. The van der Waals surface area contributed by atoms with E-state index in [0.29, 0.717) is 0 Å². The lowest BCUT2D eigenvalue weighted by Gasteiger charge is -2.15. The predicted molar refractivity (Wildman–Crippen MR) is 108 cm³/mol. The lowest BCUT2D eigenvalue weighted by Crippen LogP contribution is -2.23. The van der Waals surface area contributed by atoms with Gasteiger partial charge in [-0.1, -0.05) is 24.6 Å². The van der Waals surface area contributed by atoms with Crippen molar-refractivity contribution in [3.63, 3.8) is 0 Å². The molecule has 1 atom stereocenters. The molecule has 0 fully saturated rings. The van der Waals surface area contributed by atoms with Gasteiger partial charge in [-0.05, 0) is 50.8 Å². The minimum atomic E-state index is -0.0189. The highest BCUT2D eigenvalue weighted by atomic mass is 16.3. The Balaban J connectivity index is 2.28. The summed E-state index contributed by atoms with van der Waals surface area (Å²) in [6.45, 7) is 10.7. The molecule has 2 heterocycles. The minimum Gasteiger partial charge on any atom is -0.394 e. The first-order valence-electron chi connectivity index (χ1n) is 9.14. The second kappa shape index (κ2) is 7.08. The van der Waals surface area contributed by atoms with Crippen molar-refractivity contribution >= 4 is 16.9 Å². The van der Waals surface area contributed by atoms with Gasteiger partial charge in [-0.25, -0.2) is 9.97 Å². The maximum Gasteiger partial charge on any atom is 0.154 e. The topological polar surface area (TPSA) is 63.0 Å². The molecule has 1 unspecified atom stereocenters. The van der Waals surface area contributed by atoms with Crippen LogP contribution in [0.25, 0.3) is 22.2 Å². The number of aliphatic hydroxyl groups is 1. The van der Waals surface area contributed by atoms with Gasteiger partial charge in [-0.3, -0.25) is 0 Å². The first-order valence-corrected chi connectivity index (χ1v) is 9.14. The van der Waals surface area contributed by atoms with Gasteiger partial charge in [0.25, 0.3) is 0 Å². The lowest BCUT2D eigenvalue weighted by atomic mass is 9.93. The summed E-state index contributed by atoms with van der Waals surface area (Å²) >= 11 is 0. The Morgan fingerprint density at radius 2 is 1.73 bits per heavy atom. The molecule has 2 aromatic heterocycles. The fraction of sp³-hybridized carbons (Fsp3) is 0.429. The number of benzene rings is 1. The number of anilines is 1. The lowest BCUT2D eigenvalue weighted by molar-refractivity contribution is 0.271. The van der Waals surface area contributed by atoms with Crippen molar-refractivity contribution in [3.05, 3.63) is 40.8 Å². The molecule has 3 rings (SSSR count). The van der Waals surface area contributed by atoms with Crippen molar-refractivity contribution in [1.82, 2.24) is 14.5 Å². The van der Waals surface area contributed by atoms with Crippen LogP contribution in [0.2, 0.25) is 0 Å². The number of aryl methyl sites for hydroxylation is 4. The summed E-state index contributed by atoms with van der Waals surface area (Å²) in [5, 5.41) is 12.9. The van der Waals surface area contributed by atoms with E-state index in [2.05, 4.69) is 66.7 Å². The summed E-state index contributed by atoms with van der Waals surface area (Å²) < 4.78 is 2.15. The second-order valence-electron chi connectivity index (χ2n) is 7.14. The average Bonchev–Trinajstić information content (AvgIpc) is 2.85. The Morgan fingerprint density at radius 3 is 2.31 bits per heavy atom. The maximum atomic E-state index is 9.55. The number of nitrogens with zero attached hydrogens (tertiary/aromatic N) is 3. The molecule has 5 heteroatoms. The molecule has 138 valence electrons. The van der Waals surface area contributed by atoms with E-state index in [1.807, 2.05) is 6.92 Å². The molecule has 0 aliphatic rings. The number of nitrogens with one attached hydrogen (secondary N) is 1. The highest BCUT2D eigenvalue weighted by molar-refractivity contribution is 6.01. The molecule has 1 aromatic carbocycles. The standard InChI is InChI=1S/C21H28N4O/c1-7-16(10-26)24-21-20-19(22-11-23-21)18(15(5)25(20)6)17-13(3)8-12(2)9-14(17)4/h8-9,11,16,26H,7,10H2,1-6H3,(H,22,23,24). The van der Waals surface area contributed by atoms with E-state index in [-0.39, 0.29) is 12.6 Å². The van der Waals surface area contributed by atoms with Crippen LogP contribution >= 0.6 is 0 Å². The SMILES string of the molecule is CCC(CO)Nc1ncnc2c(-c3c(C)cc(C)cc3C)c(C)n(C)c12. The third-order valence-corrected chi connectivity index (χ3v) is 5.24. The van der Waals surface area contributed by atoms with Crippen LogP contribution in [0.15, 0.2) is 18.5 Å². The Morgan fingerprint density at radius 1 is 1.08 bits per heavy atom. The van der Waals surface area contributed by atoms with Crippen LogP contribution in [0.5, 0.6) is 0 Å². The molecule has 3 aromatic rings. The highest BCUT2D eigenvalue weighted by Gasteiger charge is 2.21. The van der Waals surface area contributed by atoms with Gasteiger partial charge in [0.15, 0.2) is 5.82 Å². The van der Waals surface area contributed by atoms with E-state index in [4.69, 9.17) is 0 Å².